The Morgan fingerprint density at radius 3 is 1.52 bits per heavy atom. The summed E-state index contributed by atoms with van der Waals surface area (Å²) in [6.07, 6.45) is 3.67. The van der Waals surface area contributed by atoms with Crippen molar-refractivity contribution in [3.8, 4) is 45.5 Å². The number of fused-ring (bicyclic) bond motifs is 7. The van der Waals surface area contributed by atoms with Gasteiger partial charge in [-0.1, -0.05) is 127 Å². The van der Waals surface area contributed by atoms with Gasteiger partial charge in [0, 0.05) is 50.8 Å². The first kappa shape index (κ1) is 28.1. The molecular weight excluding hydrogens is 613 g/mol. The van der Waals surface area contributed by atoms with Crippen LogP contribution in [0.4, 0.5) is 0 Å². The second-order valence-electron chi connectivity index (χ2n) is 12.4. The molecule has 0 aliphatic carbocycles. The molecule has 0 radical (unpaired) electrons. The third kappa shape index (κ3) is 4.43. The third-order valence-electron chi connectivity index (χ3n) is 9.48. The summed E-state index contributed by atoms with van der Waals surface area (Å²) in [5, 5.41) is 4.64. The molecule has 0 saturated carbocycles. The maximum atomic E-state index is 5.26. The van der Waals surface area contributed by atoms with E-state index in [1.807, 2.05) is 42.6 Å². The van der Waals surface area contributed by atoms with Gasteiger partial charge >= 0.3 is 0 Å². The number of para-hydroxylation sites is 3. The van der Waals surface area contributed by atoms with E-state index in [1.54, 1.807) is 6.20 Å². The molecule has 6 nitrogen and oxygen atoms in total. The molecule has 0 N–H and O–H groups in total. The number of hydrogen-bond donors (Lipinski definition) is 0. The zero-order valence-corrected chi connectivity index (χ0v) is 26.8. The van der Waals surface area contributed by atoms with E-state index >= 15 is 0 Å². The van der Waals surface area contributed by atoms with Crippen molar-refractivity contribution in [2.45, 2.75) is 0 Å². The van der Waals surface area contributed by atoms with E-state index in [2.05, 4.69) is 135 Å². The summed E-state index contributed by atoms with van der Waals surface area (Å²) in [4.78, 5) is 19.8. The molecule has 0 fully saturated rings. The molecule has 0 spiro atoms. The molecule has 0 aliphatic heterocycles. The average molecular weight is 641 g/mol. The van der Waals surface area contributed by atoms with Crippen LogP contribution in [-0.2, 0) is 0 Å². The summed E-state index contributed by atoms with van der Waals surface area (Å²) in [5.41, 5.74) is 9.40. The van der Waals surface area contributed by atoms with Gasteiger partial charge in [0.05, 0.1) is 22.1 Å². The smallest absolute Gasteiger partial charge is 0.238 e. The largest absolute Gasteiger partial charge is 0.307 e. The van der Waals surface area contributed by atoms with Crippen molar-refractivity contribution in [1.29, 1.82) is 0 Å². The molecule has 4 heterocycles. The highest BCUT2D eigenvalue weighted by atomic mass is 15.2. The highest BCUT2D eigenvalue weighted by Crippen LogP contribution is 2.41. The maximum absolute atomic E-state index is 5.26. The Bertz CT molecular complexity index is 2840. The molecule has 10 aromatic rings. The summed E-state index contributed by atoms with van der Waals surface area (Å²) < 4.78 is 4.60. The summed E-state index contributed by atoms with van der Waals surface area (Å²) in [6, 6.07) is 54.7. The minimum atomic E-state index is 0.564. The first-order valence-corrected chi connectivity index (χ1v) is 16.7. The Morgan fingerprint density at radius 2 is 0.880 bits per heavy atom. The van der Waals surface area contributed by atoms with Crippen LogP contribution in [-0.4, -0.2) is 29.1 Å². The Balaban J connectivity index is 1.30. The van der Waals surface area contributed by atoms with Crippen LogP contribution < -0.4 is 0 Å². The van der Waals surface area contributed by atoms with Crippen LogP contribution >= 0.6 is 0 Å². The number of pyridine rings is 1. The molecular formula is C44H28N6. The van der Waals surface area contributed by atoms with Gasteiger partial charge in [0.15, 0.2) is 11.6 Å². The predicted molar refractivity (Wildman–Crippen MR) is 203 cm³/mol. The second kappa shape index (κ2) is 11.4. The normalized spacial score (nSPS) is 11.6. The van der Waals surface area contributed by atoms with Crippen molar-refractivity contribution in [3.63, 3.8) is 0 Å². The number of benzene rings is 6. The molecule has 6 heteroatoms. The highest BCUT2D eigenvalue weighted by molar-refractivity contribution is 6.23. The maximum Gasteiger partial charge on any atom is 0.238 e. The van der Waals surface area contributed by atoms with Gasteiger partial charge in [-0.25, -0.2) is 4.98 Å². The molecule has 10 rings (SSSR count). The molecule has 4 aromatic heterocycles. The molecule has 0 aliphatic rings. The Morgan fingerprint density at radius 1 is 0.360 bits per heavy atom. The minimum Gasteiger partial charge on any atom is -0.307 e. The zero-order chi connectivity index (χ0) is 33.0. The van der Waals surface area contributed by atoms with Crippen molar-refractivity contribution in [2.24, 2.45) is 0 Å². The Hall–Kier alpha value is -6.92. The Kier molecular flexibility index (Phi) is 6.39. The second-order valence-corrected chi connectivity index (χ2v) is 12.4. The topological polar surface area (TPSA) is 61.4 Å². The van der Waals surface area contributed by atoms with E-state index in [0.717, 1.165) is 60.8 Å². The van der Waals surface area contributed by atoms with Gasteiger partial charge in [0.1, 0.15) is 0 Å². The fourth-order valence-electron chi connectivity index (χ4n) is 7.21. The lowest BCUT2D eigenvalue weighted by Gasteiger charge is -2.13. The SMILES string of the molecule is c1ccc(-c2nc(-c3ccc(-c4cccnc4)cc3)nc(-n3c4ccccc4c4ccc5c6ccccc6n(-c6ccccc6)c5c43)n2)cc1. The van der Waals surface area contributed by atoms with Crippen LogP contribution in [0.25, 0.3) is 89.2 Å². The van der Waals surface area contributed by atoms with Crippen molar-refractivity contribution in [1.82, 2.24) is 29.1 Å². The van der Waals surface area contributed by atoms with E-state index < -0.39 is 0 Å². The first-order valence-electron chi connectivity index (χ1n) is 16.7. The fourth-order valence-corrected chi connectivity index (χ4v) is 7.21. The lowest BCUT2D eigenvalue weighted by atomic mass is 10.1. The molecule has 0 saturated heterocycles. The van der Waals surface area contributed by atoms with Gasteiger partial charge < -0.3 is 4.57 Å². The van der Waals surface area contributed by atoms with E-state index in [-0.39, 0.29) is 0 Å². The van der Waals surface area contributed by atoms with Crippen molar-refractivity contribution >= 4 is 43.6 Å². The van der Waals surface area contributed by atoms with Crippen LogP contribution in [0.3, 0.4) is 0 Å². The van der Waals surface area contributed by atoms with Crippen LogP contribution in [0.1, 0.15) is 0 Å². The van der Waals surface area contributed by atoms with Crippen molar-refractivity contribution < 1.29 is 0 Å². The quantitative estimate of drug-likeness (QED) is 0.188. The molecule has 50 heavy (non-hydrogen) atoms. The third-order valence-corrected chi connectivity index (χ3v) is 9.48. The van der Waals surface area contributed by atoms with Crippen LogP contribution in [0.5, 0.6) is 0 Å². The number of hydrogen-bond acceptors (Lipinski definition) is 4. The number of rotatable bonds is 5. The molecule has 0 bridgehead atoms. The summed E-state index contributed by atoms with van der Waals surface area (Å²) in [6.45, 7) is 0. The van der Waals surface area contributed by atoms with Crippen LogP contribution in [0.15, 0.2) is 170 Å². The molecule has 6 aromatic carbocycles. The molecule has 234 valence electrons. The van der Waals surface area contributed by atoms with Crippen molar-refractivity contribution in [2.75, 3.05) is 0 Å². The van der Waals surface area contributed by atoms with E-state index in [4.69, 9.17) is 15.0 Å². The predicted octanol–water partition coefficient (Wildman–Crippen LogP) is 10.5. The van der Waals surface area contributed by atoms with Gasteiger partial charge in [-0.15, -0.1) is 0 Å². The molecule has 0 atom stereocenters. The fraction of sp³-hybridized carbons (Fsp3) is 0. The number of aromatic nitrogens is 6. The van der Waals surface area contributed by atoms with Gasteiger partial charge in [-0.05, 0) is 41.5 Å². The van der Waals surface area contributed by atoms with Gasteiger partial charge in [-0.3, -0.25) is 9.55 Å². The van der Waals surface area contributed by atoms with Crippen LogP contribution in [0.2, 0.25) is 0 Å². The lowest BCUT2D eigenvalue weighted by molar-refractivity contribution is 0.953. The Labute approximate surface area is 287 Å². The van der Waals surface area contributed by atoms with Crippen LogP contribution in [0, 0.1) is 0 Å². The summed E-state index contributed by atoms with van der Waals surface area (Å²) in [5.74, 6) is 1.78. The van der Waals surface area contributed by atoms with E-state index in [1.165, 1.54) is 10.8 Å². The van der Waals surface area contributed by atoms with Gasteiger partial charge in [0.25, 0.3) is 0 Å². The van der Waals surface area contributed by atoms with E-state index in [0.29, 0.717) is 17.6 Å². The average Bonchev–Trinajstić information content (AvgIpc) is 3.72. The number of nitrogens with zero attached hydrogens (tertiary/aromatic N) is 6. The van der Waals surface area contributed by atoms with Crippen molar-refractivity contribution in [3.05, 3.63) is 170 Å². The molecule has 0 unspecified atom stereocenters. The molecule has 0 amide bonds. The minimum absolute atomic E-state index is 0.564. The highest BCUT2D eigenvalue weighted by Gasteiger charge is 2.23. The summed E-state index contributed by atoms with van der Waals surface area (Å²) in [7, 11) is 0. The standard InChI is InChI=1S/C44H28N6/c1-3-12-30(13-4-1)42-46-43(31-23-21-29(22-24-31)32-14-11-27-45-28-32)48-44(47-42)50-39-20-10-8-18-35(39)37-26-25-36-34-17-7-9-19-38(34)49(40(36)41(37)50)33-15-5-2-6-16-33/h1-28H. The summed E-state index contributed by atoms with van der Waals surface area (Å²) >= 11 is 0. The van der Waals surface area contributed by atoms with Gasteiger partial charge in [-0.2, -0.15) is 9.97 Å². The lowest BCUT2D eigenvalue weighted by Crippen LogP contribution is -2.07. The zero-order valence-electron chi connectivity index (χ0n) is 26.8. The first-order chi connectivity index (χ1) is 24.8. The monoisotopic (exact) mass is 640 g/mol. The van der Waals surface area contributed by atoms with Gasteiger partial charge in [0.2, 0.25) is 5.95 Å². The van der Waals surface area contributed by atoms with E-state index in [9.17, 15) is 0 Å².